The SMILES string of the molecule is CC(C)(CCO)NCc1cnc(C2CC2)s1. The van der Waals surface area contributed by atoms with Gasteiger partial charge in [-0.15, -0.1) is 11.3 Å². The van der Waals surface area contributed by atoms with E-state index < -0.39 is 0 Å². The molecule has 1 fully saturated rings. The van der Waals surface area contributed by atoms with E-state index in [-0.39, 0.29) is 12.1 Å². The Morgan fingerprint density at radius 2 is 2.31 bits per heavy atom. The molecule has 16 heavy (non-hydrogen) atoms. The Bertz CT molecular complexity index is 345. The van der Waals surface area contributed by atoms with Gasteiger partial charge in [0.2, 0.25) is 0 Å². The van der Waals surface area contributed by atoms with Crippen LogP contribution in [-0.2, 0) is 6.54 Å². The molecule has 1 aromatic rings. The largest absolute Gasteiger partial charge is 0.396 e. The maximum absolute atomic E-state index is 8.93. The molecule has 1 saturated carbocycles. The van der Waals surface area contributed by atoms with Crippen molar-refractivity contribution >= 4 is 11.3 Å². The molecule has 0 spiro atoms. The van der Waals surface area contributed by atoms with E-state index in [1.165, 1.54) is 22.7 Å². The lowest BCUT2D eigenvalue weighted by molar-refractivity contribution is 0.230. The Morgan fingerprint density at radius 1 is 1.56 bits per heavy atom. The topological polar surface area (TPSA) is 45.1 Å². The second kappa shape index (κ2) is 4.82. The smallest absolute Gasteiger partial charge is 0.0959 e. The van der Waals surface area contributed by atoms with Gasteiger partial charge in [-0.05, 0) is 33.1 Å². The third-order valence-corrected chi connectivity index (χ3v) is 4.14. The Morgan fingerprint density at radius 3 is 2.94 bits per heavy atom. The second-order valence-corrected chi connectivity index (χ2v) is 6.30. The van der Waals surface area contributed by atoms with Crippen LogP contribution in [0.15, 0.2) is 6.20 Å². The van der Waals surface area contributed by atoms with Crippen molar-refractivity contribution < 1.29 is 5.11 Å². The van der Waals surface area contributed by atoms with Gasteiger partial charge in [-0.1, -0.05) is 0 Å². The van der Waals surface area contributed by atoms with Crippen molar-refractivity contribution in [1.29, 1.82) is 0 Å². The number of thiazole rings is 1. The predicted octanol–water partition coefficient (Wildman–Crippen LogP) is 2.27. The van der Waals surface area contributed by atoms with Gasteiger partial charge in [-0.2, -0.15) is 0 Å². The standard InChI is InChI=1S/C12H20N2OS/c1-12(2,5-6-15)14-8-10-7-13-11(16-10)9-3-4-9/h7,9,14-15H,3-6,8H2,1-2H3. The zero-order valence-corrected chi connectivity index (χ0v) is 10.8. The normalized spacial score (nSPS) is 16.7. The lowest BCUT2D eigenvalue weighted by Gasteiger charge is -2.24. The van der Waals surface area contributed by atoms with Crippen LogP contribution in [0.25, 0.3) is 0 Å². The molecule has 0 unspecified atom stereocenters. The monoisotopic (exact) mass is 240 g/mol. The number of aliphatic hydroxyl groups is 1. The number of hydrogen-bond acceptors (Lipinski definition) is 4. The van der Waals surface area contributed by atoms with Gasteiger partial charge in [0.15, 0.2) is 0 Å². The van der Waals surface area contributed by atoms with Crippen LogP contribution in [0.4, 0.5) is 0 Å². The van der Waals surface area contributed by atoms with Crippen molar-refractivity contribution in [3.8, 4) is 0 Å². The highest BCUT2D eigenvalue weighted by atomic mass is 32.1. The fourth-order valence-electron chi connectivity index (χ4n) is 1.62. The van der Waals surface area contributed by atoms with Crippen LogP contribution in [0.1, 0.15) is 48.9 Å². The minimum Gasteiger partial charge on any atom is -0.396 e. The van der Waals surface area contributed by atoms with Gasteiger partial charge in [0.05, 0.1) is 5.01 Å². The van der Waals surface area contributed by atoms with Gasteiger partial charge in [-0.25, -0.2) is 4.98 Å². The number of aromatic nitrogens is 1. The molecule has 2 rings (SSSR count). The Hall–Kier alpha value is -0.450. The molecule has 0 saturated heterocycles. The summed E-state index contributed by atoms with van der Waals surface area (Å²) < 4.78 is 0. The molecule has 4 heteroatoms. The zero-order valence-electron chi connectivity index (χ0n) is 9.99. The molecule has 0 aromatic carbocycles. The van der Waals surface area contributed by atoms with Crippen molar-refractivity contribution in [3.05, 3.63) is 16.1 Å². The van der Waals surface area contributed by atoms with Gasteiger partial charge in [-0.3, -0.25) is 0 Å². The first-order valence-electron chi connectivity index (χ1n) is 5.91. The summed E-state index contributed by atoms with van der Waals surface area (Å²) >= 11 is 1.83. The second-order valence-electron chi connectivity index (χ2n) is 5.15. The zero-order chi connectivity index (χ0) is 11.6. The summed E-state index contributed by atoms with van der Waals surface area (Å²) in [5, 5.41) is 13.7. The molecule has 1 aliphatic rings. The molecule has 0 atom stereocenters. The summed E-state index contributed by atoms with van der Waals surface area (Å²) in [6, 6.07) is 0. The van der Waals surface area contributed by atoms with Crippen LogP contribution < -0.4 is 5.32 Å². The van der Waals surface area contributed by atoms with Crippen LogP contribution in [0.5, 0.6) is 0 Å². The fraction of sp³-hybridized carbons (Fsp3) is 0.750. The van der Waals surface area contributed by atoms with E-state index in [0.717, 1.165) is 18.9 Å². The highest BCUT2D eigenvalue weighted by Crippen LogP contribution is 2.41. The van der Waals surface area contributed by atoms with Crippen molar-refractivity contribution in [3.63, 3.8) is 0 Å². The van der Waals surface area contributed by atoms with Gasteiger partial charge in [0, 0.05) is 35.7 Å². The predicted molar refractivity (Wildman–Crippen MR) is 66.7 cm³/mol. The minimum absolute atomic E-state index is 0.00150. The molecule has 0 aliphatic heterocycles. The Labute approximate surface area is 101 Å². The van der Waals surface area contributed by atoms with E-state index in [9.17, 15) is 0 Å². The van der Waals surface area contributed by atoms with E-state index in [1.54, 1.807) is 0 Å². The molecule has 1 aliphatic carbocycles. The lowest BCUT2D eigenvalue weighted by Crippen LogP contribution is -2.39. The number of nitrogens with zero attached hydrogens (tertiary/aromatic N) is 1. The molecule has 0 bridgehead atoms. The summed E-state index contributed by atoms with van der Waals surface area (Å²) in [7, 11) is 0. The number of nitrogens with one attached hydrogen (secondary N) is 1. The van der Waals surface area contributed by atoms with Crippen LogP contribution >= 0.6 is 11.3 Å². The number of hydrogen-bond donors (Lipinski definition) is 2. The first kappa shape index (κ1) is 12.0. The lowest BCUT2D eigenvalue weighted by atomic mass is 10.0. The van der Waals surface area contributed by atoms with Crippen molar-refractivity contribution in [2.75, 3.05) is 6.61 Å². The van der Waals surface area contributed by atoms with E-state index in [2.05, 4.69) is 24.1 Å². The molecule has 2 N–H and O–H groups in total. The maximum Gasteiger partial charge on any atom is 0.0959 e. The molecule has 0 radical (unpaired) electrons. The molecular weight excluding hydrogens is 220 g/mol. The van der Waals surface area contributed by atoms with Crippen LogP contribution in [0.2, 0.25) is 0 Å². The van der Waals surface area contributed by atoms with E-state index in [4.69, 9.17) is 5.11 Å². The average Bonchev–Trinajstić information content (AvgIpc) is 2.95. The minimum atomic E-state index is -0.00150. The summed E-state index contributed by atoms with van der Waals surface area (Å²) in [5.74, 6) is 0.754. The summed E-state index contributed by atoms with van der Waals surface area (Å²) in [4.78, 5) is 5.75. The van der Waals surface area contributed by atoms with Crippen LogP contribution in [-0.4, -0.2) is 22.2 Å². The van der Waals surface area contributed by atoms with Crippen LogP contribution in [0, 0.1) is 0 Å². The Balaban J connectivity index is 1.84. The third kappa shape index (κ3) is 3.27. The summed E-state index contributed by atoms with van der Waals surface area (Å²) in [6.07, 6.45) is 5.40. The number of aliphatic hydroxyl groups excluding tert-OH is 1. The van der Waals surface area contributed by atoms with E-state index in [1.807, 2.05) is 17.5 Å². The third-order valence-electron chi connectivity index (χ3n) is 2.98. The summed E-state index contributed by atoms with van der Waals surface area (Å²) in [5.41, 5.74) is -0.00150. The maximum atomic E-state index is 8.93. The fourth-order valence-corrected chi connectivity index (χ4v) is 2.64. The highest BCUT2D eigenvalue weighted by Gasteiger charge is 2.26. The molecule has 1 aromatic heterocycles. The molecule has 90 valence electrons. The quantitative estimate of drug-likeness (QED) is 0.802. The first-order chi connectivity index (χ1) is 7.61. The van der Waals surface area contributed by atoms with Crippen molar-refractivity contribution in [2.45, 2.75) is 51.1 Å². The van der Waals surface area contributed by atoms with Gasteiger partial charge in [0.25, 0.3) is 0 Å². The molecular formula is C12H20N2OS. The first-order valence-corrected chi connectivity index (χ1v) is 6.73. The average molecular weight is 240 g/mol. The van der Waals surface area contributed by atoms with E-state index >= 15 is 0 Å². The summed E-state index contributed by atoms with van der Waals surface area (Å²) in [6.45, 7) is 5.32. The molecule has 1 heterocycles. The highest BCUT2D eigenvalue weighted by molar-refractivity contribution is 7.11. The molecule has 3 nitrogen and oxygen atoms in total. The van der Waals surface area contributed by atoms with Crippen molar-refractivity contribution in [1.82, 2.24) is 10.3 Å². The van der Waals surface area contributed by atoms with E-state index in [0.29, 0.717) is 0 Å². The molecule has 0 amide bonds. The van der Waals surface area contributed by atoms with Gasteiger partial charge >= 0.3 is 0 Å². The van der Waals surface area contributed by atoms with Gasteiger partial charge in [0.1, 0.15) is 0 Å². The number of rotatable bonds is 6. The van der Waals surface area contributed by atoms with Crippen LogP contribution in [0.3, 0.4) is 0 Å². The van der Waals surface area contributed by atoms with Crippen molar-refractivity contribution in [2.24, 2.45) is 0 Å². The Kier molecular flexibility index (Phi) is 3.62. The van der Waals surface area contributed by atoms with Gasteiger partial charge < -0.3 is 10.4 Å².